The maximum absolute atomic E-state index is 13.1. The van der Waals surface area contributed by atoms with Crippen molar-refractivity contribution in [3.8, 4) is 5.75 Å². The van der Waals surface area contributed by atoms with Gasteiger partial charge in [-0.25, -0.2) is 4.39 Å². The molecule has 0 fully saturated rings. The molecule has 0 spiro atoms. The molecule has 6 heteroatoms. The molecular weight excluding hydrogens is 231 g/mol. The van der Waals surface area contributed by atoms with Crippen LogP contribution in [0.1, 0.15) is 16.5 Å². The molecule has 2 aromatic rings. The molecule has 1 N–H and O–H groups in total. The molecule has 0 aliphatic rings. The molecule has 0 amide bonds. The zero-order valence-corrected chi connectivity index (χ0v) is 9.24. The van der Waals surface area contributed by atoms with Crippen molar-refractivity contribution in [2.45, 2.75) is 6.10 Å². The molecule has 0 aliphatic carbocycles. The second kappa shape index (κ2) is 4.54. The highest BCUT2D eigenvalue weighted by atomic mass is 32.1. The molecule has 1 heterocycles. The summed E-state index contributed by atoms with van der Waals surface area (Å²) in [6.07, 6.45) is 0.477. The van der Waals surface area contributed by atoms with Crippen LogP contribution in [0.2, 0.25) is 0 Å². The molecule has 4 nitrogen and oxygen atoms in total. The topological polar surface area (TPSA) is 55.2 Å². The normalized spacial score (nSPS) is 12.4. The van der Waals surface area contributed by atoms with E-state index in [1.54, 1.807) is 0 Å². The van der Waals surface area contributed by atoms with E-state index in [9.17, 15) is 9.50 Å². The fraction of sp³-hybridized carbons (Fsp3) is 0.200. The maximum atomic E-state index is 13.1. The predicted molar refractivity (Wildman–Crippen MR) is 56.9 cm³/mol. The predicted octanol–water partition coefficient (Wildman–Crippen LogP) is 1.77. The van der Waals surface area contributed by atoms with Gasteiger partial charge >= 0.3 is 0 Å². The lowest BCUT2D eigenvalue weighted by Gasteiger charge is -2.12. The van der Waals surface area contributed by atoms with E-state index in [0.717, 1.165) is 11.5 Å². The highest BCUT2D eigenvalue weighted by molar-refractivity contribution is 7.05. The molecule has 2 rings (SSSR count). The van der Waals surface area contributed by atoms with Crippen molar-refractivity contribution in [3.05, 3.63) is 40.7 Å². The van der Waals surface area contributed by atoms with Gasteiger partial charge in [0.1, 0.15) is 17.7 Å². The molecule has 1 atom stereocenters. The molecule has 16 heavy (non-hydrogen) atoms. The lowest BCUT2D eigenvalue weighted by atomic mass is 10.1. The van der Waals surface area contributed by atoms with Crippen molar-refractivity contribution >= 4 is 11.5 Å². The average Bonchev–Trinajstić information content (AvgIpc) is 2.81. The summed E-state index contributed by atoms with van der Waals surface area (Å²) in [7, 11) is 1.47. The molecule has 1 aromatic carbocycles. The highest BCUT2D eigenvalue weighted by Gasteiger charge is 2.18. The van der Waals surface area contributed by atoms with Crippen LogP contribution < -0.4 is 4.74 Å². The smallest absolute Gasteiger partial charge is 0.125 e. The van der Waals surface area contributed by atoms with Gasteiger partial charge < -0.3 is 9.84 Å². The van der Waals surface area contributed by atoms with Crippen LogP contribution in [-0.2, 0) is 0 Å². The molecule has 1 unspecified atom stereocenters. The number of nitrogens with zero attached hydrogens (tertiary/aromatic N) is 2. The van der Waals surface area contributed by atoms with Gasteiger partial charge in [-0.15, -0.1) is 5.10 Å². The summed E-state index contributed by atoms with van der Waals surface area (Å²) in [5.41, 5.74) is 0.369. The number of aliphatic hydroxyl groups is 1. The second-order valence-corrected chi connectivity index (χ2v) is 3.93. The molecule has 0 radical (unpaired) electrons. The van der Waals surface area contributed by atoms with Gasteiger partial charge in [0, 0.05) is 5.56 Å². The van der Waals surface area contributed by atoms with E-state index in [2.05, 4.69) is 9.59 Å². The Morgan fingerprint density at radius 3 is 2.94 bits per heavy atom. The van der Waals surface area contributed by atoms with Crippen LogP contribution in [0.3, 0.4) is 0 Å². The Kier molecular flexibility index (Phi) is 3.12. The van der Waals surface area contributed by atoms with Crippen molar-refractivity contribution < 1.29 is 14.2 Å². The molecule has 0 aliphatic heterocycles. The summed E-state index contributed by atoms with van der Waals surface area (Å²) in [4.78, 5) is 0.545. The van der Waals surface area contributed by atoms with Crippen LogP contribution in [0, 0.1) is 5.82 Å². The van der Waals surface area contributed by atoms with Crippen molar-refractivity contribution in [1.82, 2.24) is 9.59 Å². The van der Waals surface area contributed by atoms with Crippen LogP contribution >= 0.6 is 11.5 Å². The van der Waals surface area contributed by atoms with E-state index in [-0.39, 0.29) is 0 Å². The first-order valence-corrected chi connectivity index (χ1v) is 5.28. The summed E-state index contributed by atoms with van der Waals surface area (Å²) < 4.78 is 21.8. The highest BCUT2D eigenvalue weighted by Crippen LogP contribution is 2.31. The van der Waals surface area contributed by atoms with Gasteiger partial charge in [0.2, 0.25) is 0 Å². The second-order valence-electron chi connectivity index (χ2n) is 3.11. The number of methoxy groups -OCH3 is 1. The molecular formula is C10H9FN2O2S. The lowest BCUT2D eigenvalue weighted by molar-refractivity contribution is 0.217. The van der Waals surface area contributed by atoms with Crippen molar-refractivity contribution in [3.63, 3.8) is 0 Å². The van der Waals surface area contributed by atoms with Gasteiger partial charge in [-0.1, -0.05) is 4.49 Å². The minimum Gasteiger partial charge on any atom is -0.496 e. The zero-order chi connectivity index (χ0) is 11.5. The number of halogens is 1. The summed E-state index contributed by atoms with van der Waals surface area (Å²) >= 11 is 1.06. The number of ether oxygens (including phenoxy) is 1. The fourth-order valence-electron chi connectivity index (χ4n) is 1.37. The van der Waals surface area contributed by atoms with Crippen molar-refractivity contribution in [2.75, 3.05) is 7.11 Å². The van der Waals surface area contributed by atoms with Gasteiger partial charge in [-0.05, 0) is 29.7 Å². The fourth-order valence-corrected chi connectivity index (χ4v) is 1.88. The number of benzene rings is 1. The Hall–Kier alpha value is -1.53. The minimum absolute atomic E-state index is 0.369. The maximum Gasteiger partial charge on any atom is 0.125 e. The first-order chi connectivity index (χ1) is 7.72. The quantitative estimate of drug-likeness (QED) is 0.888. The first kappa shape index (κ1) is 11.0. The summed E-state index contributed by atoms with van der Waals surface area (Å²) in [6.45, 7) is 0. The standard InChI is InChI=1S/C10H9FN2O2S/c1-15-8-3-2-6(11)4-7(8)10(14)9-5-12-13-16-9/h2-5,10,14H,1H3. The Labute approximate surface area is 95.5 Å². The number of hydrogen-bond acceptors (Lipinski definition) is 5. The minimum atomic E-state index is -0.967. The van der Waals surface area contributed by atoms with E-state index in [0.29, 0.717) is 16.2 Å². The Morgan fingerprint density at radius 1 is 1.50 bits per heavy atom. The van der Waals surface area contributed by atoms with E-state index < -0.39 is 11.9 Å². The van der Waals surface area contributed by atoms with Gasteiger partial charge in [0.05, 0.1) is 18.2 Å². The summed E-state index contributed by atoms with van der Waals surface area (Å²) in [6, 6.07) is 3.99. The van der Waals surface area contributed by atoms with Gasteiger partial charge in [-0.2, -0.15) is 0 Å². The monoisotopic (exact) mass is 240 g/mol. The van der Waals surface area contributed by atoms with Crippen LogP contribution in [0.4, 0.5) is 4.39 Å². The first-order valence-electron chi connectivity index (χ1n) is 4.51. The molecule has 0 saturated carbocycles. The van der Waals surface area contributed by atoms with Crippen molar-refractivity contribution in [2.24, 2.45) is 0 Å². The van der Waals surface area contributed by atoms with Gasteiger partial charge in [0.25, 0.3) is 0 Å². The number of aromatic nitrogens is 2. The third kappa shape index (κ3) is 2.02. The summed E-state index contributed by atoms with van der Waals surface area (Å²) in [5.74, 6) is 0.00891. The average molecular weight is 240 g/mol. The molecule has 0 bridgehead atoms. The van der Waals surface area contributed by atoms with Crippen LogP contribution in [-0.4, -0.2) is 21.8 Å². The third-order valence-electron chi connectivity index (χ3n) is 2.13. The third-order valence-corrected chi connectivity index (χ3v) is 2.85. The number of rotatable bonds is 3. The number of hydrogen-bond donors (Lipinski definition) is 1. The Balaban J connectivity index is 2.42. The Morgan fingerprint density at radius 2 is 2.31 bits per heavy atom. The van der Waals surface area contributed by atoms with E-state index >= 15 is 0 Å². The summed E-state index contributed by atoms with van der Waals surface area (Å²) in [5, 5.41) is 13.6. The zero-order valence-electron chi connectivity index (χ0n) is 8.42. The molecule has 84 valence electrons. The van der Waals surface area contributed by atoms with Crippen molar-refractivity contribution in [1.29, 1.82) is 0 Å². The van der Waals surface area contributed by atoms with Gasteiger partial charge in [0.15, 0.2) is 0 Å². The van der Waals surface area contributed by atoms with Crippen LogP contribution in [0.15, 0.2) is 24.4 Å². The van der Waals surface area contributed by atoms with Gasteiger partial charge in [-0.3, -0.25) is 0 Å². The lowest BCUT2D eigenvalue weighted by Crippen LogP contribution is -2.01. The van der Waals surface area contributed by atoms with E-state index in [1.165, 1.54) is 31.5 Å². The molecule has 1 aromatic heterocycles. The van der Waals surface area contributed by atoms with E-state index in [1.807, 2.05) is 0 Å². The SMILES string of the molecule is COc1ccc(F)cc1C(O)c1cnns1. The number of aliphatic hydroxyl groups excluding tert-OH is 1. The van der Waals surface area contributed by atoms with Crippen LogP contribution in [0.5, 0.6) is 5.75 Å². The van der Waals surface area contributed by atoms with Crippen LogP contribution in [0.25, 0.3) is 0 Å². The molecule has 0 saturated heterocycles. The van der Waals surface area contributed by atoms with E-state index in [4.69, 9.17) is 4.74 Å². The Bertz CT molecular complexity index is 476. The largest absolute Gasteiger partial charge is 0.496 e.